The first kappa shape index (κ1) is 10.8. The quantitative estimate of drug-likeness (QED) is 0.763. The van der Waals surface area contributed by atoms with Crippen LogP contribution in [0.1, 0.15) is 10.4 Å². The molecule has 0 unspecified atom stereocenters. The summed E-state index contributed by atoms with van der Waals surface area (Å²) in [5, 5.41) is 9.68. The Kier molecular flexibility index (Phi) is 2.49. The molecule has 3 rings (SSSR count). The van der Waals surface area contributed by atoms with E-state index in [4.69, 9.17) is 5.11 Å². The molecule has 88 valence electrons. The van der Waals surface area contributed by atoms with Gasteiger partial charge in [-0.1, -0.05) is 23.5 Å². The summed E-state index contributed by atoms with van der Waals surface area (Å²) in [5.41, 5.74) is 1.59. The van der Waals surface area contributed by atoms with E-state index in [-0.39, 0.29) is 5.56 Å². The fraction of sp³-hybridized carbons (Fsp3) is 0. The van der Waals surface area contributed by atoms with Gasteiger partial charge in [0.2, 0.25) is 0 Å². The monoisotopic (exact) mass is 257 g/mol. The maximum absolute atomic E-state index is 10.9. The minimum absolute atomic E-state index is 0.243. The van der Waals surface area contributed by atoms with Crippen LogP contribution in [0.25, 0.3) is 21.0 Å². The maximum Gasteiger partial charge on any atom is 0.335 e. The molecule has 0 bridgehead atoms. The zero-order valence-electron chi connectivity index (χ0n) is 9.07. The molecule has 0 saturated carbocycles. The maximum atomic E-state index is 10.9. The number of aromatic carboxylic acids is 1. The van der Waals surface area contributed by atoms with E-state index in [0.29, 0.717) is 5.65 Å². The molecule has 0 saturated heterocycles. The molecule has 2 heterocycles. The number of benzene rings is 1. The first-order valence-corrected chi connectivity index (χ1v) is 5.97. The van der Waals surface area contributed by atoms with Crippen molar-refractivity contribution in [2.75, 3.05) is 0 Å². The summed E-state index contributed by atoms with van der Waals surface area (Å²) in [6.07, 6.45) is 3.19. The molecule has 0 atom stereocenters. The van der Waals surface area contributed by atoms with Crippen molar-refractivity contribution in [2.45, 2.75) is 0 Å². The lowest BCUT2D eigenvalue weighted by molar-refractivity contribution is 0.0697. The lowest BCUT2D eigenvalue weighted by Crippen LogP contribution is -1.95. The molecule has 0 aliphatic heterocycles. The Morgan fingerprint density at radius 2 is 2.06 bits per heavy atom. The molecule has 2 aromatic heterocycles. The van der Waals surface area contributed by atoms with Gasteiger partial charge in [0.15, 0.2) is 10.5 Å². The predicted octanol–water partition coefficient (Wildman–Crippen LogP) is 2.45. The zero-order chi connectivity index (χ0) is 12.5. The summed E-state index contributed by atoms with van der Waals surface area (Å²) in [5.74, 6) is -0.950. The summed E-state index contributed by atoms with van der Waals surface area (Å²) in [6, 6.07) is 6.67. The lowest BCUT2D eigenvalue weighted by Gasteiger charge is -1.97. The van der Waals surface area contributed by atoms with Gasteiger partial charge in [0, 0.05) is 18.0 Å². The predicted molar refractivity (Wildman–Crippen MR) is 67.6 cm³/mol. The van der Waals surface area contributed by atoms with Gasteiger partial charge in [-0.05, 0) is 12.1 Å². The van der Waals surface area contributed by atoms with E-state index in [1.54, 1.807) is 30.6 Å². The highest BCUT2D eigenvalue weighted by atomic mass is 32.1. The number of hydrogen-bond donors (Lipinski definition) is 1. The van der Waals surface area contributed by atoms with E-state index in [2.05, 4.69) is 15.0 Å². The number of nitrogens with zero attached hydrogens (tertiary/aromatic N) is 3. The third-order valence-corrected chi connectivity index (χ3v) is 3.41. The molecule has 0 fully saturated rings. The van der Waals surface area contributed by atoms with Crippen LogP contribution in [0, 0.1) is 0 Å². The van der Waals surface area contributed by atoms with Gasteiger partial charge in [-0.15, -0.1) is 0 Å². The lowest BCUT2D eigenvalue weighted by atomic mass is 10.1. The summed E-state index contributed by atoms with van der Waals surface area (Å²) < 4.78 is 0. The second-order valence-electron chi connectivity index (χ2n) is 3.59. The summed E-state index contributed by atoms with van der Waals surface area (Å²) in [4.78, 5) is 24.3. The molecule has 6 heteroatoms. The van der Waals surface area contributed by atoms with E-state index in [9.17, 15) is 4.79 Å². The minimum atomic E-state index is -0.950. The zero-order valence-corrected chi connectivity index (χ0v) is 9.89. The standard InChI is InChI=1S/C12H7N3O2S/c16-12(17)8-3-1-2-7(6-8)10-15-9-11(18-10)14-5-4-13-9/h1-6H,(H,16,17). The van der Waals surface area contributed by atoms with Crippen molar-refractivity contribution in [2.24, 2.45) is 0 Å². The summed E-state index contributed by atoms with van der Waals surface area (Å²) in [6.45, 7) is 0. The number of thiazole rings is 1. The number of hydrogen-bond acceptors (Lipinski definition) is 5. The molecule has 0 aliphatic carbocycles. The van der Waals surface area contributed by atoms with Gasteiger partial charge in [-0.25, -0.2) is 19.7 Å². The highest BCUT2D eigenvalue weighted by molar-refractivity contribution is 7.21. The average Bonchev–Trinajstić information content (AvgIpc) is 2.82. The first-order chi connectivity index (χ1) is 8.74. The van der Waals surface area contributed by atoms with E-state index >= 15 is 0 Å². The van der Waals surface area contributed by atoms with Crippen molar-refractivity contribution in [3.05, 3.63) is 42.2 Å². The summed E-state index contributed by atoms with van der Waals surface area (Å²) >= 11 is 1.39. The van der Waals surface area contributed by atoms with E-state index < -0.39 is 5.97 Å². The van der Waals surface area contributed by atoms with Crippen LogP contribution in [0.4, 0.5) is 0 Å². The molecular formula is C12H7N3O2S. The number of fused-ring (bicyclic) bond motifs is 1. The van der Waals surface area contributed by atoms with E-state index in [1.807, 2.05) is 6.07 Å². The van der Waals surface area contributed by atoms with Crippen LogP contribution in [0.3, 0.4) is 0 Å². The first-order valence-electron chi connectivity index (χ1n) is 5.15. The molecule has 18 heavy (non-hydrogen) atoms. The third kappa shape index (κ3) is 1.82. The van der Waals surface area contributed by atoms with Gasteiger partial charge in [-0.3, -0.25) is 0 Å². The SMILES string of the molecule is O=C(O)c1cccc(-c2nc3nccnc3s2)c1. The fourth-order valence-electron chi connectivity index (χ4n) is 1.59. The van der Waals surface area contributed by atoms with Crippen molar-refractivity contribution >= 4 is 27.8 Å². The molecule has 1 aromatic carbocycles. The smallest absolute Gasteiger partial charge is 0.335 e. The highest BCUT2D eigenvalue weighted by Crippen LogP contribution is 2.28. The van der Waals surface area contributed by atoms with Gasteiger partial charge >= 0.3 is 5.97 Å². The minimum Gasteiger partial charge on any atom is -0.478 e. The molecule has 0 aliphatic rings. The van der Waals surface area contributed by atoms with E-state index in [0.717, 1.165) is 15.4 Å². The molecular weight excluding hydrogens is 250 g/mol. The third-order valence-electron chi connectivity index (χ3n) is 2.40. The van der Waals surface area contributed by atoms with Crippen LogP contribution in [-0.4, -0.2) is 26.0 Å². The van der Waals surface area contributed by atoms with Gasteiger partial charge in [0.05, 0.1) is 5.56 Å². The van der Waals surface area contributed by atoms with Gasteiger partial charge in [-0.2, -0.15) is 0 Å². The fourth-order valence-corrected chi connectivity index (χ4v) is 2.45. The van der Waals surface area contributed by atoms with Crippen molar-refractivity contribution in [3.63, 3.8) is 0 Å². The summed E-state index contributed by atoms with van der Waals surface area (Å²) in [7, 11) is 0. The normalized spacial score (nSPS) is 10.7. The molecule has 0 radical (unpaired) electrons. The van der Waals surface area contributed by atoms with Crippen molar-refractivity contribution in [1.29, 1.82) is 0 Å². The Hall–Kier alpha value is -2.34. The average molecular weight is 257 g/mol. The number of carbonyl (C=O) groups is 1. The number of carboxylic acid groups (broad SMARTS) is 1. The Morgan fingerprint density at radius 1 is 1.22 bits per heavy atom. The Balaban J connectivity index is 2.13. The molecule has 0 spiro atoms. The van der Waals surface area contributed by atoms with Gasteiger partial charge in [0.1, 0.15) is 5.01 Å². The largest absolute Gasteiger partial charge is 0.478 e. The van der Waals surface area contributed by atoms with Crippen LogP contribution in [0.5, 0.6) is 0 Å². The Morgan fingerprint density at radius 3 is 2.83 bits per heavy atom. The number of rotatable bonds is 2. The van der Waals surface area contributed by atoms with Gasteiger partial charge in [0.25, 0.3) is 0 Å². The van der Waals surface area contributed by atoms with Gasteiger partial charge < -0.3 is 5.11 Å². The second kappa shape index (κ2) is 4.15. The molecule has 5 nitrogen and oxygen atoms in total. The molecule has 0 amide bonds. The molecule has 3 aromatic rings. The van der Waals surface area contributed by atoms with Crippen LogP contribution >= 0.6 is 11.3 Å². The van der Waals surface area contributed by atoms with Crippen LogP contribution in [-0.2, 0) is 0 Å². The number of carboxylic acids is 1. The second-order valence-corrected chi connectivity index (χ2v) is 4.57. The highest BCUT2D eigenvalue weighted by Gasteiger charge is 2.10. The van der Waals surface area contributed by atoms with Crippen LogP contribution in [0.15, 0.2) is 36.7 Å². The molecule has 1 N–H and O–H groups in total. The van der Waals surface area contributed by atoms with Crippen LogP contribution in [0.2, 0.25) is 0 Å². The topological polar surface area (TPSA) is 76.0 Å². The van der Waals surface area contributed by atoms with Crippen molar-refractivity contribution in [1.82, 2.24) is 15.0 Å². The Labute approximate surface area is 106 Å². The van der Waals surface area contributed by atoms with Crippen molar-refractivity contribution < 1.29 is 9.90 Å². The van der Waals surface area contributed by atoms with Crippen LogP contribution < -0.4 is 0 Å². The van der Waals surface area contributed by atoms with Crippen molar-refractivity contribution in [3.8, 4) is 10.6 Å². The van der Waals surface area contributed by atoms with E-state index in [1.165, 1.54) is 11.3 Å². The number of aromatic nitrogens is 3. The Bertz CT molecular complexity index is 706.